The van der Waals surface area contributed by atoms with Gasteiger partial charge in [0.15, 0.2) is 0 Å². The van der Waals surface area contributed by atoms with Crippen molar-refractivity contribution in [2.75, 3.05) is 41.6 Å². The van der Waals surface area contributed by atoms with E-state index in [1.54, 1.807) is 30.3 Å². The second-order valence-corrected chi connectivity index (χ2v) is 10.8. The van der Waals surface area contributed by atoms with Crippen LogP contribution in [0.25, 0.3) is 10.8 Å². The first-order chi connectivity index (χ1) is 15.7. The quantitative estimate of drug-likeness (QED) is 0.242. The average Bonchev–Trinajstić information content (AvgIpc) is 2.80. The van der Waals surface area contributed by atoms with Crippen LogP contribution in [0.2, 0.25) is 5.02 Å². The number of phenols is 1. The monoisotopic (exact) mass is 505 g/mol. The van der Waals surface area contributed by atoms with Crippen LogP contribution in [-0.4, -0.2) is 54.9 Å². The first-order valence-electron chi connectivity index (χ1n) is 10.3. The zero-order valence-corrected chi connectivity index (χ0v) is 20.1. The molecule has 0 spiro atoms. The minimum atomic E-state index is -3.82. The van der Waals surface area contributed by atoms with E-state index in [1.807, 2.05) is 24.3 Å². The Morgan fingerprint density at radius 1 is 1.06 bits per heavy atom. The number of nitrogens with one attached hydrogen (secondary N) is 1. The van der Waals surface area contributed by atoms with Crippen molar-refractivity contribution >= 4 is 55.7 Å². The molecule has 0 aromatic heterocycles. The molecule has 1 aliphatic heterocycles. The van der Waals surface area contributed by atoms with Gasteiger partial charge in [0.2, 0.25) is 0 Å². The topological polar surface area (TPSA) is 93.1 Å². The van der Waals surface area contributed by atoms with E-state index >= 15 is 0 Å². The Morgan fingerprint density at radius 2 is 1.70 bits per heavy atom. The predicted octanol–water partition coefficient (Wildman–Crippen LogP) is 4.84. The second kappa shape index (κ2) is 9.72. The van der Waals surface area contributed by atoms with Crippen molar-refractivity contribution in [1.82, 2.24) is 4.31 Å². The van der Waals surface area contributed by atoms with Crippen molar-refractivity contribution in [3.8, 4) is 5.75 Å². The molecule has 10 heteroatoms. The van der Waals surface area contributed by atoms with E-state index in [0.717, 1.165) is 5.69 Å². The number of aromatic hydroxyl groups is 1. The number of hydrogen-bond donors (Lipinski definition) is 3. The number of thioether (sulfide) groups is 1. The maximum absolute atomic E-state index is 13.2. The van der Waals surface area contributed by atoms with Gasteiger partial charge in [0, 0.05) is 47.7 Å². The predicted molar refractivity (Wildman–Crippen MR) is 136 cm³/mol. The maximum atomic E-state index is 13.2. The fourth-order valence-corrected chi connectivity index (χ4v) is 5.85. The number of fused-ring (bicyclic) bond motifs is 1. The molecule has 1 fully saturated rings. The summed E-state index contributed by atoms with van der Waals surface area (Å²) in [4.78, 5) is 2.57. The van der Waals surface area contributed by atoms with Crippen molar-refractivity contribution in [3.05, 3.63) is 72.0 Å². The molecule has 1 heterocycles. The summed E-state index contributed by atoms with van der Waals surface area (Å²) in [5.41, 5.74) is 1.37. The Kier molecular flexibility index (Phi) is 6.94. The first kappa shape index (κ1) is 23.6. The lowest BCUT2D eigenvalue weighted by atomic mass is 10.1. The molecule has 7 nitrogen and oxygen atoms in total. The van der Waals surface area contributed by atoms with Gasteiger partial charge in [0.25, 0.3) is 0 Å². The van der Waals surface area contributed by atoms with Crippen LogP contribution in [-0.2, 0) is 10.2 Å². The fourth-order valence-electron chi connectivity index (χ4n) is 3.73. The third-order valence-corrected chi connectivity index (χ3v) is 8.26. The van der Waals surface area contributed by atoms with E-state index in [4.69, 9.17) is 11.6 Å². The van der Waals surface area contributed by atoms with Crippen LogP contribution in [0.15, 0.2) is 71.8 Å². The Balaban J connectivity index is 1.55. The van der Waals surface area contributed by atoms with Gasteiger partial charge in [-0.1, -0.05) is 42.4 Å². The SMILES string of the molecule is C=C(O)CSc1cc(NS(=O)(=O)N2CCN(c3ccc(Cl)cc3)CC2)c2ccccc2c1O. The molecule has 3 aromatic carbocycles. The molecule has 3 aromatic rings. The summed E-state index contributed by atoms with van der Waals surface area (Å²) in [5.74, 6) is 0.190. The molecule has 0 saturated carbocycles. The van der Waals surface area contributed by atoms with Crippen molar-refractivity contribution in [2.45, 2.75) is 4.90 Å². The van der Waals surface area contributed by atoms with E-state index in [-0.39, 0.29) is 17.3 Å². The Hall–Kier alpha value is -2.59. The number of phenolic OH excluding ortho intramolecular Hbond substituents is 1. The van der Waals surface area contributed by atoms with Crippen LogP contribution >= 0.6 is 23.4 Å². The highest BCUT2D eigenvalue weighted by Gasteiger charge is 2.28. The van der Waals surface area contributed by atoms with Gasteiger partial charge in [0.1, 0.15) is 5.75 Å². The van der Waals surface area contributed by atoms with Crippen LogP contribution < -0.4 is 9.62 Å². The number of aliphatic hydroxyl groups is 1. The average molecular weight is 506 g/mol. The number of hydrogen-bond acceptors (Lipinski definition) is 6. The third kappa shape index (κ3) is 5.33. The van der Waals surface area contributed by atoms with Crippen LogP contribution in [0.1, 0.15) is 0 Å². The zero-order valence-electron chi connectivity index (χ0n) is 17.7. The molecule has 1 saturated heterocycles. The number of rotatable bonds is 7. The molecular weight excluding hydrogens is 482 g/mol. The summed E-state index contributed by atoms with van der Waals surface area (Å²) < 4.78 is 30.5. The first-order valence-corrected chi connectivity index (χ1v) is 13.1. The summed E-state index contributed by atoms with van der Waals surface area (Å²) in [5, 5.41) is 21.9. The van der Waals surface area contributed by atoms with E-state index in [0.29, 0.717) is 52.6 Å². The molecule has 0 unspecified atom stereocenters. The largest absolute Gasteiger partial charge is 0.512 e. The minimum absolute atomic E-state index is 0.0340. The highest BCUT2D eigenvalue weighted by Crippen LogP contribution is 2.40. The van der Waals surface area contributed by atoms with Crippen molar-refractivity contribution in [1.29, 1.82) is 0 Å². The highest BCUT2D eigenvalue weighted by atomic mass is 35.5. The number of nitrogens with zero attached hydrogens (tertiary/aromatic N) is 2. The number of halogens is 1. The van der Waals surface area contributed by atoms with Crippen LogP contribution in [0, 0.1) is 0 Å². The number of piperazine rings is 1. The van der Waals surface area contributed by atoms with Gasteiger partial charge in [-0.25, -0.2) is 0 Å². The van der Waals surface area contributed by atoms with E-state index in [2.05, 4.69) is 16.2 Å². The van der Waals surface area contributed by atoms with Gasteiger partial charge in [-0.05, 0) is 30.3 Å². The smallest absolute Gasteiger partial charge is 0.301 e. The van der Waals surface area contributed by atoms with E-state index in [1.165, 1.54) is 16.1 Å². The van der Waals surface area contributed by atoms with Crippen molar-refractivity contribution in [3.63, 3.8) is 0 Å². The summed E-state index contributed by atoms with van der Waals surface area (Å²) in [7, 11) is -3.82. The van der Waals surface area contributed by atoms with Crippen LogP contribution in [0.5, 0.6) is 5.75 Å². The van der Waals surface area contributed by atoms with Gasteiger partial charge in [-0.2, -0.15) is 12.7 Å². The molecule has 1 aliphatic rings. The Morgan fingerprint density at radius 3 is 2.33 bits per heavy atom. The standard InChI is InChI=1S/C23H24ClN3O4S2/c1-16(28)15-32-22-14-21(19-4-2-3-5-20(19)23(22)29)25-33(30,31)27-12-10-26(11-13-27)18-8-6-17(24)7-9-18/h2-9,14,25,28-29H,1,10-13,15H2. The normalized spacial score (nSPS) is 15.0. The molecule has 174 valence electrons. The number of anilines is 2. The highest BCUT2D eigenvalue weighted by molar-refractivity contribution is 7.99. The molecule has 0 amide bonds. The lowest BCUT2D eigenvalue weighted by Gasteiger charge is -2.35. The van der Waals surface area contributed by atoms with Crippen molar-refractivity contribution in [2.24, 2.45) is 0 Å². The maximum Gasteiger partial charge on any atom is 0.301 e. The number of benzene rings is 3. The van der Waals surface area contributed by atoms with Gasteiger partial charge in [-0.15, -0.1) is 11.8 Å². The zero-order chi connectivity index (χ0) is 23.6. The molecule has 0 atom stereocenters. The molecular formula is C23H24ClN3O4S2. The minimum Gasteiger partial charge on any atom is -0.512 e. The molecule has 33 heavy (non-hydrogen) atoms. The summed E-state index contributed by atoms with van der Waals surface area (Å²) in [6.07, 6.45) is 0. The fraction of sp³-hybridized carbons (Fsp3) is 0.217. The van der Waals surface area contributed by atoms with Gasteiger partial charge in [-0.3, -0.25) is 4.72 Å². The van der Waals surface area contributed by atoms with Gasteiger partial charge in [0.05, 0.1) is 22.1 Å². The molecule has 0 radical (unpaired) electrons. The van der Waals surface area contributed by atoms with E-state index < -0.39 is 10.2 Å². The second-order valence-electron chi connectivity index (χ2n) is 7.64. The summed E-state index contributed by atoms with van der Waals surface area (Å²) >= 11 is 7.14. The summed E-state index contributed by atoms with van der Waals surface area (Å²) in [6, 6.07) is 16.1. The third-order valence-electron chi connectivity index (χ3n) is 5.38. The van der Waals surface area contributed by atoms with Crippen molar-refractivity contribution < 1.29 is 18.6 Å². The molecule has 3 N–H and O–H groups in total. The lowest BCUT2D eigenvalue weighted by Crippen LogP contribution is -2.50. The lowest BCUT2D eigenvalue weighted by molar-refractivity contribution is 0.388. The van der Waals surface area contributed by atoms with Crippen LogP contribution in [0.4, 0.5) is 11.4 Å². The molecule has 0 aliphatic carbocycles. The molecule has 4 rings (SSSR count). The molecule has 0 bridgehead atoms. The summed E-state index contributed by atoms with van der Waals surface area (Å²) in [6.45, 7) is 5.24. The number of aliphatic hydroxyl groups excluding tert-OH is 1. The Bertz CT molecular complexity index is 1270. The van der Waals surface area contributed by atoms with E-state index in [9.17, 15) is 18.6 Å². The Labute approximate surface area is 202 Å². The van der Waals surface area contributed by atoms with Gasteiger partial charge >= 0.3 is 10.2 Å². The van der Waals surface area contributed by atoms with Gasteiger partial charge < -0.3 is 15.1 Å². The van der Waals surface area contributed by atoms with Crippen LogP contribution in [0.3, 0.4) is 0 Å².